The molecule has 0 amide bonds. The second kappa shape index (κ2) is 7.98. The summed E-state index contributed by atoms with van der Waals surface area (Å²) < 4.78 is 0. The minimum Gasteiger partial charge on any atom is -0.370 e. The number of aromatic nitrogens is 2. The van der Waals surface area contributed by atoms with Gasteiger partial charge in [0.05, 0.1) is 0 Å². The summed E-state index contributed by atoms with van der Waals surface area (Å²) in [5.74, 6) is 3.21. The van der Waals surface area contributed by atoms with Crippen LogP contribution in [0.2, 0.25) is 0 Å². The number of rotatable bonds is 6. The van der Waals surface area contributed by atoms with Crippen LogP contribution in [-0.4, -0.2) is 46.9 Å². The van der Waals surface area contributed by atoms with Gasteiger partial charge in [-0.1, -0.05) is 25.6 Å². The van der Waals surface area contributed by atoms with Crippen molar-refractivity contribution in [2.45, 2.75) is 37.1 Å². The number of nitrogens with zero attached hydrogens (tertiary/aromatic N) is 3. The molecule has 1 aromatic rings. The summed E-state index contributed by atoms with van der Waals surface area (Å²) in [7, 11) is 0. The van der Waals surface area contributed by atoms with Crippen LogP contribution >= 0.6 is 23.5 Å². The molecule has 0 spiro atoms. The molecule has 4 nitrogen and oxygen atoms in total. The molecule has 2 heterocycles. The third kappa shape index (κ3) is 4.19. The molecule has 6 heteroatoms. The van der Waals surface area contributed by atoms with Crippen LogP contribution < -0.4 is 10.2 Å². The van der Waals surface area contributed by atoms with E-state index in [-0.39, 0.29) is 0 Å². The highest BCUT2D eigenvalue weighted by Gasteiger charge is 2.21. The Labute approximate surface area is 130 Å². The van der Waals surface area contributed by atoms with E-state index in [1.54, 1.807) is 11.8 Å². The van der Waals surface area contributed by atoms with Crippen molar-refractivity contribution < 1.29 is 0 Å². The first kappa shape index (κ1) is 15.8. The highest BCUT2D eigenvalue weighted by molar-refractivity contribution is 8.00. The van der Waals surface area contributed by atoms with E-state index in [0.29, 0.717) is 0 Å². The average molecular weight is 313 g/mol. The van der Waals surface area contributed by atoms with Gasteiger partial charge in [-0.3, -0.25) is 0 Å². The Morgan fingerprint density at radius 3 is 3.00 bits per heavy atom. The first-order valence-corrected chi connectivity index (χ1v) is 9.57. The molecule has 1 saturated heterocycles. The summed E-state index contributed by atoms with van der Waals surface area (Å²) in [4.78, 5) is 11.6. The fraction of sp³-hybridized carbons (Fsp3) is 0.714. The highest BCUT2D eigenvalue weighted by atomic mass is 32.2. The predicted octanol–water partition coefficient (Wildman–Crippen LogP) is 3.35. The van der Waals surface area contributed by atoms with E-state index >= 15 is 0 Å². The molecule has 1 aromatic heterocycles. The summed E-state index contributed by atoms with van der Waals surface area (Å²) in [5, 5.41) is 4.96. The van der Waals surface area contributed by atoms with E-state index in [1.807, 2.05) is 6.26 Å². The maximum Gasteiger partial charge on any atom is 0.191 e. The molecular weight excluding hydrogens is 288 g/mol. The number of hydrogen-bond donors (Lipinski definition) is 1. The third-order valence-electron chi connectivity index (χ3n) is 3.35. The fourth-order valence-corrected chi connectivity index (χ4v) is 3.74. The largest absolute Gasteiger partial charge is 0.370 e. The first-order valence-electron chi connectivity index (χ1n) is 7.30. The molecule has 1 fully saturated rings. The van der Waals surface area contributed by atoms with Gasteiger partial charge < -0.3 is 10.2 Å². The number of hydrogen-bond acceptors (Lipinski definition) is 6. The average Bonchev–Trinajstić information content (AvgIpc) is 2.52. The van der Waals surface area contributed by atoms with Crippen LogP contribution in [0.4, 0.5) is 11.6 Å². The van der Waals surface area contributed by atoms with Gasteiger partial charge in [-0.05, 0) is 19.1 Å². The summed E-state index contributed by atoms with van der Waals surface area (Å²) >= 11 is 3.69. The number of anilines is 2. The minimum absolute atomic E-state index is 0.725. The maximum atomic E-state index is 4.68. The normalized spacial score (nSPS) is 19.1. The fourth-order valence-electron chi connectivity index (χ4n) is 2.18. The Kier molecular flexibility index (Phi) is 6.29. The van der Waals surface area contributed by atoms with Crippen LogP contribution in [0, 0.1) is 0 Å². The zero-order valence-electron chi connectivity index (χ0n) is 12.6. The monoisotopic (exact) mass is 312 g/mol. The van der Waals surface area contributed by atoms with E-state index in [0.717, 1.165) is 48.1 Å². The van der Waals surface area contributed by atoms with Crippen LogP contribution in [-0.2, 0) is 0 Å². The molecule has 1 N–H and O–H groups in total. The van der Waals surface area contributed by atoms with Crippen molar-refractivity contribution in [1.29, 1.82) is 0 Å². The first-order chi connectivity index (χ1) is 9.76. The van der Waals surface area contributed by atoms with E-state index in [4.69, 9.17) is 0 Å². The van der Waals surface area contributed by atoms with E-state index < -0.39 is 0 Å². The van der Waals surface area contributed by atoms with Crippen molar-refractivity contribution in [3.05, 3.63) is 6.07 Å². The van der Waals surface area contributed by atoms with Crippen molar-refractivity contribution in [2.75, 3.05) is 41.9 Å². The van der Waals surface area contributed by atoms with Gasteiger partial charge in [0, 0.05) is 36.7 Å². The van der Waals surface area contributed by atoms with Crippen LogP contribution in [0.25, 0.3) is 0 Å². The standard InChI is InChI=1S/C14H24N4S2/c1-4-6-15-12-9-13(17-14(16-12)19-3)18-7-8-20-11(5-2)10-18/h9,11H,4-8,10H2,1-3H3,(H,15,16,17). The smallest absolute Gasteiger partial charge is 0.191 e. The van der Waals surface area contributed by atoms with Gasteiger partial charge in [0.2, 0.25) is 0 Å². The van der Waals surface area contributed by atoms with Crippen molar-refractivity contribution in [3.63, 3.8) is 0 Å². The lowest BCUT2D eigenvalue weighted by atomic mass is 10.3. The Morgan fingerprint density at radius 2 is 2.30 bits per heavy atom. The van der Waals surface area contributed by atoms with Gasteiger partial charge >= 0.3 is 0 Å². The van der Waals surface area contributed by atoms with Gasteiger partial charge in [-0.2, -0.15) is 11.8 Å². The molecule has 20 heavy (non-hydrogen) atoms. The van der Waals surface area contributed by atoms with E-state index in [2.05, 4.69) is 51.9 Å². The van der Waals surface area contributed by atoms with Crippen molar-refractivity contribution >= 4 is 35.2 Å². The molecule has 1 aliphatic rings. The van der Waals surface area contributed by atoms with Gasteiger partial charge in [0.1, 0.15) is 11.6 Å². The third-order valence-corrected chi connectivity index (χ3v) is 5.27. The van der Waals surface area contributed by atoms with Crippen LogP contribution in [0.1, 0.15) is 26.7 Å². The molecule has 1 aliphatic heterocycles. The summed E-state index contributed by atoms with van der Waals surface area (Å²) in [6, 6.07) is 2.10. The molecular formula is C14H24N4S2. The lowest BCUT2D eigenvalue weighted by molar-refractivity contribution is 0.713. The Bertz CT molecular complexity index is 428. The quantitative estimate of drug-likeness (QED) is 0.642. The number of nitrogens with one attached hydrogen (secondary N) is 1. The lowest BCUT2D eigenvalue weighted by Gasteiger charge is -2.33. The second-order valence-electron chi connectivity index (χ2n) is 4.87. The molecule has 0 saturated carbocycles. The molecule has 1 unspecified atom stereocenters. The maximum absolute atomic E-state index is 4.68. The molecule has 2 rings (SSSR count). The molecule has 0 aliphatic carbocycles. The van der Waals surface area contributed by atoms with Gasteiger partial charge in [-0.25, -0.2) is 9.97 Å². The van der Waals surface area contributed by atoms with Gasteiger partial charge in [0.15, 0.2) is 5.16 Å². The topological polar surface area (TPSA) is 41.0 Å². The van der Waals surface area contributed by atoms with Gasteiger partial charge in [0.25, 0.3) is 0 Å². The van der Waals surface area contributed by atoms with Crippen molar-refractivity contribution in [3.8, 4) is 0 Å². The Hall–Kier alpha value is -0.620. The van der Waals surface area contributed by atoms with Crippen molar-refractivity contribution in [2.24, 2.45) is 0 Å². The van der Waals surface area contributed by atoms with E-state index in [1.165, 1.54) is 12.2 Å². The van der Waals surface area contributed by atoms with Crippen LogP contribution in [0.3, 0.4) is 0 Å². The summed E-state index contributed by atoms with van der Waals surface area (Å²) in [6.07, 6.45) is 4.36. The zero-order chi connectivity index (χ0) is 14.4. The Balaban J connectivity index is 2.16. The molecule has 1 atom stereocenters. The molecule has 0 radical (unpaired) electrons. The molecule has 0 aromatic carbocycles. The number of thioether (sulfide) groups is 2. The molecule has 112 valence electrons. The SMILES string of the molecule is CCCNc1cc(N2CCSC(CC)C2)nc(SC)n1. The summed E-state index contributed by atoms with van der Waals surface area (Å²) in [5.41, 5.74) is 0. The highest BCUT2D eigenvalue weighted by Crippen LogP contribution is 2.27. The molecule has 0 bridgehead atoms. The minimum atomic E-state index is 0.725. The van der Waals surface area contributed by atoms with Crippen LogP contribution in [0.15, 0.2) is 11.2 Å². The van der Waals surface area contributed by atoms with Gasteiger partial charge in [-0.15, -0.1) is 0 Å². The Morgan fingerprint density at radius 1 is 1.45 bits per heavy atom. The predicted molar refractivity (Wildman–Crippen MR) is 91.3 cm³/mol. The second-order valence-corrected chi connectivity index (χ2v) is 7.05. The summed E-state index contributed by atoms with van der Waals surface area (Å²) in [6.45, 7) is 7.57. The van der Waals surface area contributed by atoms with E-state index in [9.17, 15) is 0 Å². The zero-order valence-corrected chi connectivity index (χ0v) is 14.2. The van der Waals surface area contributed by atoms with Crippen LogP contribution in [0.5, 0.6) is 0 Å². The lowest BCUT2D eigenvalue weighted by Crippen LogP contribution is -2.38. The van der Waals surface area contributed by atoms with Crippen molar-refractivity contribution in [1.82, 2.24) is 9.97 Å².